The zero-order chi connectivity index (χ0) is 11.5. The van der Waals surface area contributed by atoms with E-state index in [4.69, 9.17) is 9.63 Å². The van der Waals surface area contributed by atoms with E-state index in [0.717, 1.165) is 4.88 Å². The predicted octanol–water partition coefficient (Wildman–Crippen LogP) is 2.12. The van der Waals surface area contributed by atoms with Crippen molar-refractivity contribution in [2.75, 3.05) is 0 Å². The molecule has 0 saturated heterocycles. The highest BCUT2D eigenvalue weighted by molar-refractivity contribution is 7.15. The Hall–Kier alpha value is -1.69. The summed E-state index contributed by atoms with van der Waals surface area (Å²) in [5.74, 6) is 0.0280. The molecule has 2 aromatic rings. The van der Waals surface area contributed by atoms with E-state index in [1.54, 1.807) is 11.3 Å². The van der Waals surface area contributed by atoms with E-state index in [1.165, 1.54) is 4.88 Å². The van der Waals surface area contributed by atoms with Crippen molar-refractivity contribution in [1.82, 2.24) is 10.1 Å². The van der Waals surface area contributed by atoms with Crippen LogP contribution >= 0.6 is 11.3 Å². The second-order valence-electron chi connectivity index (χ2n) is 3.32. The highest BCUT2D eigenvalue weighted by Crippen LogP contribution is 2.25. The first-order valence-corrected chi connectivity index (χ1v) is 5.58. The van der Waals surface area contributed by atoms with Crippen LogP contribution in [0, 0.1) is 6.92 Å². The summed E-state index contributed by atoms with van der Waals surface area (Å²) in [6.45, 7) is 2.00. The number of aryl methyl sites for hydroxylation is 2. The van der Waals surface area contributed by atoms with Crippen LogP contribution in [0.3, 0.4) is 0 Å². The van der Waals surface area contributed by atoms with Gasteiger partial charge in [-0.05, 0) is 19.1 Å². The van der Waals surface area contributed by atoms with Crippen LogP contribution in [0.5, 0.6) is 0 Å². The molecule has 2 aromatic heterocycles. The van der Waals surface area contributed by atoms with E-state index in [-0.39, 0.29) is 6.42 Å². The molecule has 0 amide bonds. The van der Waals surface area contributed by atoms with Gasteiger partial charge < -0.3 is 9.63 Å². The fraction of sp³-hybridized carbons (Fsp3) is 0.300. The smallest absolute Gasteiger partial charge is 0.303 e. The lowest BCUT2D eigenvalue weighted by Crippen LogP contribution is -1.98. The lowest BCUT2D eigenvalue weighted by Gasteiger charge is -1.87. The maximum Gasteiger partial charge on any atom is 0.303 e. The predicted molar refractivity (Wildman–Crippen MR) is 58.3 cm³/mol. The summed E-state index contributed by atoms with van der Waals surface area (Å²) >= 11 is 1.57. The van der Waals surface area contributed by atoms with Gasteiger partial charge in [0, 0.05) is 11.3 Å². The van der Waals surface area contributed by atoms with Crippen LogP contribution in [-0.4, -0.2) is 21.2 Å². The number of aromatic nitrogens is 2. The minimum absolute atomic E-state index is 0.0163. The minimum Gasteiger partial charge on any atom is -0.481 e. The van der Waals surface area contributed by atoms with Crippen LogP contribution in [0.25, 0.3) is 10.8 Å². The molecule has 5 nitrogen and oxygen atoms in total. The molecule has 84 valence electrons. The molecule has 0 spiro atoms. The number of rotatable bonds is 4. The second-order valence-corrected chi connectivity index (χ2v) is 4.61. The first-order chi connectivity index (χ1) is 7.65. The summed E-state index contributed by atoms with van der Waals surface area (Å²) in [4.78, 5) is 16.6. The van der Waals surface area contributed by atoms with Gasteiger partial charge in [0.05, 0.1) is 11.3 Å². The van der Waals surface area contributed by atoms with Crippen molar-refractivity contribution in [2.45, 2.75) is 19.8 Å². The molecule has 0 aromatic carbocycles. The minimum atomic E-state index is -0.863. The van der Waals surface area contributed by atoms with Crippen LogP contribution in [0.4, 0.5) is 0 Å². The Labute approximate surface area is 95.7 Å². The molecule has 0 fully saturated rings. The quantitative estimate of drug-likeness (QED) is 0.882. The Bertz CT molecular complexity index is 504. The van der Waals surface area contributed by atoms with Crippen LogP contribution in [0.15, 0.2) is 16.7 Å². The zero-order valence-electron chi connectivity index (χ0n) is 8.64. The van der Waals surface area contributed by atoms with E-state index in [0.29, 0.717) is 18.1 Å². The molecule has 0 aliphatic rings. The second kappa shape index (κ2) is 4.44. The van der Waals surface area contributed by atoms with Gasteiger partial charge in [0.1, 0.15) is 0 Å². The highest BCUT2D eigenvalue weighted by atomic mass is 32.1. The topological polar surface area (TPSA) is 76.2 Å². The Balaban J connectivity index is 2.10. The van der Waals surface area contributed by atoms with Gasteiger partial charge in [-0.25, -0.2) is 0 Å². The third-order valence-electron chi connectivity index (χ3n) is 1.98. The van der Waals surface area contributed by atoms with Crippen molar-refractivity contribution < 1.29 is 14.4 Å². The van der Waals surface area contributed by atoms with Gasteiger partial charge in [0.15, 0.2) is 5.82 Å². The van der Waals surface area contributed by atoms with E-state index < -0.39 is 5.97 Å². The summed E-state index contributed by atoms with van der Waals surface area (Å²) in [6.07, 6.45) is 0.311. The van der Waals surface area contributed by atoms with Crippen LogP contribution in [0.2, 0.25) is 0 Å². The number of thiophene rings is 1. The number of carbonyl (C=O) groups is 1. The van der Waals surface area contributed by atoms with Crippen molar-refractivity contribution in [2.24, 2.45) is 0 Å². The largest absolute Gasteiger partial charge is 0.481 e. The van der Waals surface area contributed by atoms with E-state index in [2.05, 4.69) is 10.1 Å². The summed E-state index contributed by atoms with van der Waals surface area (Å²) in [6, 6.07) is 3.88. The normalized spacial score (nSPS) is 10.6. The fourth-order valence-corrected chi connectivity index (χ4v) is 2.01. The average molecular weight is 238 g/mol. The lowest BCUT2D eigenvalue weighted by atomic mass is 10.3. The third-order valence-corrected chi connectivity index (χ3v) is 2.97. The van der Waals surface area contributed by atoms with E-state index in [1.807, 2.05) is 19.1 Å². The maximum absolute atomic E-state index is 10.4. The number of carboxylic acids is 1. The molecule has 0 bridgehead atoms. The Morgan fingerprint density at radius 3 is 3.00 bits per heavy atom. The van der Waals surface area contributed by atoms with Crippen molar-refractivity contribution in [3.05, 3.63) is 22.8 Å². The molecule has 0 saturated carbocycles. The molecule has 1 N–H and O–H groups in total. The summed E-state index contributed by atoms with van der Waals surface area (Å²) in [5.41, 5.74) is 0. The van der Waals surface area contributed by atoms with E-state index in [9.17, 15) is 4.79 Å². The molecule has 2 rings (SSSR count). The van der Waals surface area contributed by atoms with Crippen molar-refractivity contribution >= 4 is 17.3 Å². The fourth-order valence-electron chi connectivity index (χ4n) is 1.22. The zero-order valence-corrected chi connectivity index (χ0v) is 9.45. The van der Waals surface area contributed by atoms with Crippen molar-refractivity contribution in [3.63, 3.8) is 0 Å². The van der Waals surface area contributed by atoms with Gasteiger partial charge in [-0.1, -0.05) is 5.16 Å². The molecule has 0 aliphatic carbocycles. The van der Waals surface area contributed by atoms with Gasteiger partial charge >= 0.3 is 5.97 Å². The molecule has 0 radical (unpaired) electrons. The number of hydrogen-bond acceptors (Lipinski definition) is 5. The molecule has 0 aliphatic heterocycles. The molecular formula is C10H10N2O3S. The maximum atomic E-state index is 10.4. The SMILES string of the molecule is Cc1ccc(-c2nc(CCC(=O)O)no2)s1. The van der Waals surface area contributed by atoms with Crippen molar-refractivity contribution in [1.29, 1.82) is 0 Å². The molecule has 0 atom stereocenters. The first-order valence-electron chi connectivity index (χ1n) is 4.76. The number of hydrogen-bond donors (Lipinski definition) is 1. The monoisotopic (exact) mass is 238 g/mol. The molecule has 2 heterocycles. The van der Waals surface area contributed by atoms with Crippen LogP contribution in [-0.2, 0) is 11.2 Å². The molecule has 16 heavy (non-hydrogen) atoms. The van der Waals surface area contributed by atoms with E-state index >= 15 is 0 Å². The van der Waals surface area contributed by atoms with Gasteiger partial charge in [0.2, 0.25) is 0 Å². The summed E-state index contributed by atoms with van der Waals surface area (Å²) in [5, 5.41) is 12.2. The standard InChI is InChI=1S/C10H10N2O3S/c1-6-2-3-7(16-6)10-11-8(12-15-10)4-5-9(13)14/h2-3H,4-5H2,1H3,(H,13,14). The Morgan fingerprint density at radius 1 is 1.56 bits per heavy atom. The lowest BCUT2D eigenvalue weighted by molar-refractivity contribution is -0.137. The van der Waals surface area contributed by atoms with Gasteiger partial charge in [-0.15, -0.1) is 11.3 Å². The number of carboxylic acid groups (broad SMARTS) is 1. The van der Waals surface area contributed by atoms with Gasteiger partial charge in [0.25, 0.3) is 5.89 Å². The van der Waals surface area contributed by atoms with Crippen LogP contribution in [0.1, 0.15) is 17.1 Å². The van der Waals surface area contributed by atoms with Crippen LogP contribution < -0.4 is 0 Å². The van der Waals surface area contributed by atoms with Gasteiger partial charge in [-0.2, -0.15) is 4.98 Å². The third kappa shape index (κ3) is 2.46. The number of aliphatic carboxylic acids is 1. The Kier molecular flexibility index (Phi) is 3.00. The van der Waals surface area contributed by atoms with Gasteiger partial charge in [-0.3, -0.25) is 4.79 Å². The molecule has 0 unspecified atom stereocenters. The van der Waals surface area contributed by atoms with Crippen molar-refractivity contribution in [3.8, 4) is 10.8 Å². The molecule has 6 heteroatoms. The molecular weight excluding hydrogens is 228 g/mol. The summed E-state index contributed by atoms with van der Waals surface area (Å²) in [7, 11) is 0. The Morgan fingerprint density at radius 2 is 2.38 bits per heavy atom. The average Bonchev–Trinajstić information content (AvgIpc) is 2.83. The number of nitrogens with zero attached hydrogens (tertiary/aromatic N) is 2. The highest BCUT2D eigenvalue weighted by Gasteiger charge is 2.11. The summed E-state index contributed by atoms with van der Waals surface area (Å²) < 4.78 is 5.05. The first kappa shape index (κ1) is 10.8.